The lowest BCUT2D eigenvalue weighted by Gasteiger charge is -2.26. The third-order valence-electron chi connectivity index (χ3n) is 4.33. The summed E-state index contributed by atoms with van der Waals surface area (Å²) in [6, 6.07) is 15.9. The van der Waals surface area contributed by atoms with Crippen LogP contribution in [0.1, 0.15) is 16.7 Å². The van der Waals surface area contributed by atoms with Crippen molar-refractivity contribution in [3.05, 3.63) is 94.8 Å². The molecular formula is C19H11F3O. The van der Waals surface area contributed by atoms with Crippen molar-refractivity contribution in [2.75, 3.05) is 0 Å². The molecular weight excluding hydrogens is 301 g/mol. The lowest BCUT2D eigenvalue weighted by Crippen LogP contribution is -2.26. The van der Waals surface area contributed by atoms with Gasteiger partial charge >= 0.3 is 0 Å². The Labute approximate surface area is 130 Å². The van der Waals surface area contributed by atoms with E-state index in [9.17, 15) is 18.3 Å². The molecule has 0 spiro atoms. The normalized spacial score (nSPS) is 14.4. The summed E-state index contributed by atoms with van der Waals surface area (Å²) in [7, 11) is 0. The lowest BCUT2D eigenvalue weighted by atomic mass is 9.84. The van der Waals surface area contributed by atoms with Gasteiger partial charge in [-0.2, -0.15) is 0 Å². The van der Waals surface area contributed by atoms with E-state index in [1.54, 1.807) is 24.3 Å². The summed E-state index contributed by atoms with van der Waals surface area (Å²) < 4.78 is 40.7. The van der Waals surface area contributed by atoms with E-state index in [1.165, 1.54) is 0 Å². The average Bonchev–Trinajstić information content (AvgIpc) is 2.84. The molecule has 0 amide bonds. The summed E-state index contributed by atoms with van der Waals surface area (Å²) in [6.45, 7) is 0. The predicted octanol–water partition coefficient (Wildman–Crippen LogP) is 4.37. The van der Waals surface area contributed by atoms with Crippen molar-refractivity contribution in [1.82, 2.24) is 0 Å². The molecule has 0 saturated carbocycles. The molecule has 0 heterocycles. The van der Waals surface area contributed by atoms with Gasteiger partial charge in [-0.1, -0.05) is 48.5 Å². The minimum atomic E-state index is -1.72. The molecule has 0 aliphatic heterocycles. The Balaban J connectivity index is 2.08. The maximum atomic E-state index is 13.7. The molecule has 3 aromatic rings. The van der Waals surface area contributed by atoms with E-state index >= 15 is 0 Å². The molecule has 1 aliphatic rings. The van der Waals surface area contributed by atoms with Crippen LogP contribution in [-0.4, -0.2) is 5.11 Å². The fourth-order valence-corrected chi connectivity index (χ4v) is 3.29. The molecule has 0 aromatic heterocycles. The Bertz CT molecular complexity index is 865. The van der Waals surface area contributed by atoms with Gasteiger partial charge in [0.25, 0.3) is 0 Å². The Morgan fingerprint density at radius 3 is 1.61 bits per heavy atom. The van der Waals surface area contributed by atoms with Gasteiger partial charge < -0.3 is 5.11 Å². The molecule has 1 nitrogen and oxygen atoms in total. The van der Waals surface area contributed by atoms with Gasteiger partial charge in [0.15, 0.2) is 17.5 Å². The minimum absolute atomic E-state index is 0.0358. The number of halogens is 3. The van der Waals surface area contributed by atoms with Crippen LogP contribution < -0.4 is 0 Å². The van der Waals surface area contributed by atoms with Crippen LogP contribution in [0.2, 0.25) is 0 Å². The van der Waals surface area contributed by atoms with Gasteiger partial charge in [0.05, 0.1) is 0 Å². The van der Waals surface area contributed by atoms with Crippen molar-refractivity contribution in [3.63, 3.8) is 0 Å². The first kappa shape index (κ1) is 14.0. The summed E-state index contributed by atoms with van der Waals surface area (Å²) in [5, 5.41) is 11.4. The fourth-order valence-electron chi connectivity index (χ4n) is 3.29. The lowest BCUT2D eigenvalue weighted by molar-refractivity contribution is 0.129. The van der Waals surface area contributed by atoms with Crippen LogP contribution in [0.25, 0.3) is 11.1 Å². The largest absolute Gasteiger partial charge is 0.376 e. The number of fused-ring (bicyclic) bond motifs is 3. The second kappa shape index (κ2) is 4.70. The first-order valence-electron chi connectivity index (χ1n) is 7.10. The van der Waals surface area contributed by atoms with Crippen molar-refractivity contribution < 1.29 is 18.3 Å². The molecule has 0 fully saturated rings. The zero-order valence-corrected chi connectivity index (χ0v) is 11.9. The zero-order chi connectivity index (χ0) is 16.2. The minimum Gasteiger partial charge on any atom is -0.376 e. The van der Waals surface area contributed by atoms with Crippen molar-refractivity contribution in [1.29, 1.82) is 0 Å². The van der Waals surface area contributed by atoms with Gasteiger partial charge in [-0.15, -0.1) is 0 Å². The van der Waals surface area contributed by atoms with Gasteiger partial charge in [0.1, 0.15) is 5.60 Å². The molecule has 0 atom stereocenters. The van der Waals surface area contributed by atoms with Gasteiger partial charge in [0.2, 0.25) is 0 Å². The summed E-state index contributed by atoms with van der Waals surface area (Å²) in [4.78, 5) is 0. The number of aliphatic hydroxyl groups is 1. The van der Waals surface area contributed by atoms with Gasteiger partial charge in [-0.3, -0.25) is 0 Å². The highest BCUT2D eigenvalue weighted by atomic mass is 19.2. The number of rotatable bonds is 1. The Kier molecular flexibility index (Phi) is 2.87. The summed E-state index contributed by atoms with van der Waals surface area (Å²) in [6.07, 6.45) is 0. The van der Waals surface area contributed by atoms with Crippen molar-refractivity contribution in [3.8, 4) is 11.1 Å². The monoisotopic (exact) mass is 312 g/mol. The molecule has 114 valence electrons. The van der Waals surface area contributed by atoms with Crippen molar-refractivity contribution in [2.45, 2.75) is 5.60 Å². The van der Waals surface area contributed by atoms with Crippen molar-refractivity contribution in [2.24, 2.45) is 0 Å². The molecule has 0 bridgehead atoms. The van der Waals surface area contributed by atoms with Gasteiger partial charge in [-0.05, 0) is 28.8 Å². The first-order chi connectivity index (χ1) is 11.0. The zero-order valence-electron chi connectivity index (χ0n) is 11.9. The highest BCUT2D eigenvalue weighted by Gasteiger charge is 2.43. The maximum Gasteiger partial charge on any atom is 0.194 e. The van der Waals surface area contributed by atoms with E-state index < -0.39 is 23.1 Å². The fraction of sp³-hybridized carbons (Fsp3) is 0.0526. The van der Waals surface area contributed by atoms with Crippen LogP contribution in [0.3, 0.4) is 0 Å². The second-order valence-corrected chi connectivity index (χ2v) is 5.56. The SMILES string of the molecule is OC1(c2cc(F)c(F)c(F)c2)c2ccccc2-c2ccccc21. The molecule has 1 aliphatic carbocycles. The summed E-state index contributed by atoms with van der Waals surface area (Å²) in [5.74, 6) is -4.19. The molecule has 4 rings (SSSR count). The maximum absolute atomic E-state index is 13.7. The van der Waals surface area contributed by atoms with Crippen LogP contribution in [0.5, 0.6) is 0 Å². The van der Waals surface area contributed by atoms with E-state index in [1.807, 2.05) is 24.3 Å². The molecule has 4 heteroatoms. The van der Waals surface area contributed by atoms with Crippen LogP contribution in [-0.2, 0) is 5.60 Å². The molecule has 0 unspecified atom stereocenters. The van der Waals surface area contributed by atoms with E-state index in [0.29, 0.717) is 11.1 Å². The van der Waals surface area contributed by atoms with Crippen LogP contribution in [0.15, 0.2) is 60.7 Å². The van der Waals surface area contributed by atoms with Crippen LogP contribution in [0, 0.1) is 17.5 Å². The quantitative estimate of drug-likeness (QED) is 0.662. The third-order valence-corrected chi connectivity index (χ3v) is 4.33. The van der Waals surface area contributed by atoms with E-state index in [0.717, 1.165) is 23.3 Å². The molecule has 0 radical (unpaired) electrons. The highest BCUT2D eigenvalue weighted by molar-refractivity contribution is 5.82. The van der Waals surface area contributed by atoms with E-state index in [4.69, 9.17) is 0 Å². The van der Waals surface area contributed by atoms with E-state index in [2.05, 4.69) is 0 Å². The van der Waals surface area contributed by atoms with Crippen molar-refractivity contribution >= 4 is 0 Å². The van der Waals surface area contributed by atoms with Crippen LogP contribution >= 0.6 is 0 Å². The van der Waals surface area contributed by atoms with Crippen LogP contribution in [0.4, 0.5) is 13.2 Å². The Morgan fingerprint density at radius 2 is 1.13 bits per heavy atom. The first-order valence-corrected chi connectivity index (χ1v) is 7.10. The van der Waals surface area contributed by atoms with Gasteiger partial charge in [-0.25, -0.2) is 13.2 Å². The second-order valence-electron chi connectivity index (χ2n) is 5.56. The third kappa shape index (κ3) is 1.79. The smallest absolute Gasteiger partial charge is 0.194 e. The molecule has 3 aromatic carbocycles. The molecule has 1 N–H and O–H groups in total. The summed E-state index contributed by atoms with van der Waals surface area (Å²) >= 11 is 0. The standard InChI is InChI=1S/C19H11F3O/c20-16-9-11(10-17(21)18(16)22)19(23)14-7-3-1-5-12(14)13-6-2-4-8-15(13)19/h1-10,23H. The highest BCUT2D eigenvalue weighted by Crippen LogP contribution is 2.50. The predicted molar refractivity (Wildman–Crippen MR) is 80.3 cm³/mol. The molecule has 0 saturated heterocycles. The topological polar surface area (TPSA) is 20.2 Å². The Hall–Kier alpha value is -2.59. The number of hydrogen-bond donors (Lipinski definition) is 1. The molecule has 23 heavy (non-hydrogen) atoms. The van der Waals surface area contributed by atoms with E-state index in [-0.39, 0.29) is 5.56 Å². The van der Waals surface area contributed by atoms with Gasteiger partial charge in [0, 0.05) is 11.1 Å². The average molecular weight is 312 g/mol. The Morgan fingerprint density at radius 1 is 0.696 bits per heavy atom. The summed E-state index contributed by atoms with van der Waals surface area (Å²) in [5.41, 5.74) is 0.860. The number of benzene rings is 3. The number of hydrogen-bond acceptors (Lipinski definition) is 1.